The third-order valence-electron chi connectivity index (χ3n) is 3.37. The minimum atomic E-state index is -1.07. The molecular weight excluding hydrogens is 318 g/mol. The summed E-state index contributed by atoms with van der Waals surface area (Å²) in [7, 11) is 0. The summed E-state index contributed by atoms with van der Waals surface area (Å²) >= 11 is 1.42. The number of aromatic carboxylic acids is 1. The van der Waals surface area contributed by atoms with Gasteiger partial charge in [-0.3, -0.25) is 0 Å². The maximum atomic E-state index is 10.8. The maximum Gasteiger partial charge on any atom is 0.371 e. The molecule has 0 aromatic carbocycles. The number of thioether (sulfide) groups is 1. The first-order chi connectivity index (χ1) is 11.1. The highest BCUT2D eigenvalue weighted by Gasteiger charge is 2.15. The molecule has 1 saturated heterocycles. The van der Waals surface area contributed by atoms with Crippen LogP contribution in [0.5, 0.6) is 0 Å². The van der Waals surface area contributed by atoms with Crippen LogP contribution in [0.3, 0.4) is 0 Å². The van der Waals surface area contributed by atoms with Crippen LogP contribution in [0.4, 0.5) is 5.82 Å². The Bertz CT molecular complexity index is 698. The number of ether oxygens (including phenoxy) is 1. The van der Waals surface area contributed by atoms with Crippen molar-refractivity contribution in [2.24, 2.45) is 0 Å². The van der Waals surface area contributed by atoms with Crippen molar-refractivity contribution in [3.63, 3.8) is 0 Å². The zero-order valence-electron chi connectivity index (χ0n) is 12.7. The van der Waals surface area contributed by atoms with Crippen molar-refractivity contribution in [1.82, 2.24) is 9.97 Å². The van der Waals surface area contributed by atoms with E-state index in [1.165, 1.54) is 17.8 Å². The molecule has 0 radical (unpaired) electrons. The topological polar surface area (TPSA) is 88.7 Å². The molecule has 1 aliphatic rings. The SMILES string of the molecule is Cc1cc(N2CCOCC2)nc(SCc2ccc(C(=O)O)o2)n1. The van der Waals surface area contributed by atoms with Crippen LogP contribution < -0.4 is 4.90 Å². The van der Waals surface area contributed by atoms with Gasteiger partial charge in [0.2, 0.25) is 5.76 Å². The lowest BCUT2D eigenvalue weighted by molar-refractivity contribution is 0.0661. The zero-order chi connectivity index (χ0) is 16.2. The fourth-order valence-corrected chi connectivity index (χ4v) is 3.04. The molecule has 2 aromatic heterocycles. The van der Waals surface area contributed by atoms with E-state index in [1.807, 2.05) is 13.0 Å². The molecule has 23 heavy (non-hydrogen) atoms. The number of aromatic nitrogens is 2. The van der Waals surface area contributed by atoms with E-state index in [-0.39, 0.29) is 5.76 Å². The molecule has 0 unspecified atom stereocenters. The highest BCUT2D eigenvalue weighted by atomic mass is 32.2. The van der Waals surface area contributed by atoms with Crippen molar-refractivity contribution in [3.8, 4) is 0 Å². The predicted molar refractivity (Wildman–Crippen MR) is 85.0 cm³/mol. The van der Waals surface area contributed by atoms with Crippen molar-refractivity contribution in [2.45, 2.75) is 17.8 Å². The smallest absolute Gasteiger partial charge is 0.371 e. The van der Waals surface area contributed by atoms with Gasteiger partial charge >= 0.3 is 5.97 Å². The second kappa shape index (κ2) is 7.01. The number of hydrogen-bond acceptors (Lipinski definition) is 7. The molecule has 122 valence electrons. The number of carboxylic acid groups (broad SMARTS) is 1. The van der Waals surface area contributed by atoms with Gasteiger partial charge in [0.15, 0.2) is 5.16 Å². The Hall–Kier alpha value is -2.06. The van der Waals surface area contributed by atoms with Crippen LogP contribution in [-0.2, 0) is 10.5 Å². The first-order valence-corrected chi connectivity index (χ1v) is 8.23. The molecule has 3 rings (SSSR count). The molecule has 0 spiro atoms. The van der Waals surface area contributed by atoms with E-state index >= 15 is 0 Å². The van der Waals surface area contributed by atoms with Crippen LogP contribution in [0.1, 0.15) is 22.0 Å². The van der Waals surface area contributed by atoms with Crippen molar-refractivity contribution < 1.29 is 19.1 Å². The second-order valence-electron chi connectivity index (χ2n) is 5.11. The second-order valence-corrected chi connectivity index (χ2v) is 6.05. The average molecular weight is 335 g/mol. The highest BCUT2D eigenvalue weighted by Crippen LogP contribution is 2.24. The van der Waals surface area contributed by atoms with Gasteiger partial charge < -0.3 is 19.2 Å². The number of nitrogens with zero attached hydrogens (tertiary/aromatic N) is 3. The van der Waals surface area contributed by atoms with E-state index in [0.717, 1.165) is 24.6 Å². The summed E-state index contributed by atoms with van der Waals surface area (Å²) in [5.74, 6) is 0.848. The molecule has 0 saturated carbocycles. The summed E-state index contributed by atoms with van der Waals surface area (Å²) in [6.45, 7) is 4.98. The predicted octanol–water partition coefficient (Wildman–Crippen LogP) is 2.21. The molecular formula is C15H17N3O4S. The number of morpholine rings is 1. The first-order valence-electron chi connectivity index (χ1n) is 7.25. The molecule has 0 aliphatic carbocycles. The van der Waals surface area contributed by atoms with E-state index in [4.69, 9.17) is 14.3 Å². The number of rotatable bonds is 5. The number of anilines is 1. The Morgan fingerprint density at radius 2 is 2.13 bits per heavy atom. The number of carbonyl (C=O) groups is 1. The lowest BCUT2D eigenvalue weighted by atomic mass is 10.3. The van der Waals surface area contributed by atoms with E-state index in [1.54, 1.807) is 6.07 Å². The Kier molecular flexibility index (Phi) is 4.82. The van der Waals surface area contributed by atoms with Gasteiger partial charge in [-0.25, -0.2) is 14.8 Å². The molecule has 1 fully saturated rings. The van der Waals surface area contributed by atoms with E-state index < -0.39 is 5.97 Å². The van der Waals surface area contributed by atoms with Gasteiger partial charge in [0, 0.05) is 24.8 Å². The lowest BCUT2D eigenvalue weighted by Crippen LogP contribution is -2.36. The lowest BCUT2D eigenvalue weighted by Gasteiger charge is -2.28. The number of carboxylic acids is 1. The van der Waals surface area contributed by atoms with Crippen LogP contribution >= 0.6 is 11.8 Å². The van der Waals surface area contributed by atoms with Crippen molar-refractivity contribution >= 4 is 23.5 Å². The summed E-state index contributed by atoms with van der Waals surface area (Å²) in [4.78, 5) is 22.0. The van der Waals surface area contributed by atoms with Crippen LogP contribution in [0.2, 0.25) is 0 Å². The van der Waals surface area contributed by atoms with Gasteiger partial charge in [-0.2, -0.15) is 0 Å². The fraction of sp³-hybridized carbons (Fsp3) is 0.400. The average Bonchev–Trinajstić information content (AvgIpc) is 3.03. The van der Waals surface area contributed by atoms with E-state index in [2.05, 4.69) is 14.9 Å². The Morgan fingerprint density at radius 1 is 1.35 bits per heavy atom. The summed E-state index contributed by atoms with van der Waals surface area (Å²) in [6, 6.07) is 5.08. The van der Waals surface area contributed by atoms with Gasteiger partial charge in [-0.15, -0.1) is 0 Å². The normalized spacial score (nSPS) is 14.9. The zero-order valence-corrected chi connectivity index (χ0v) is 13.5. The van der Waals surface area contributed by atoms with Crippen LogP contribution in [0.25, 0.3) is 0 Å². The Morgan fingerprint density at radius 3 is 2.83 bits per heavy atom. The molecule has 0 bridgehead atoms. The minimum Gasteiger partial charge on any atom is -0.475 e. The molecule has 3 heterocycles. The van der Waals surface area contributed by atoms with Crippen LogP contribution in [-0.4, -0.2) is 47.3 Å². The van der Waals surface area contributed by atoms with Gasteiger partial charge in [-0.1, -0.05) is 11.8 Å². The highest BCUT2D eigenvalue weighted by molar-refractivity contribution is 7.98. The Labute approximate surface area is 137 Å². The number of furan rings is 1. The van der Waals surface area contributed by atoms with Gasteiger partial charge in [0.1, 0.15) is 11.6 Å². The molecule has 1 aliphatic heterocycles. The third kappa shape index (κ3) is 4.02. The maximum absolute atomic E-state index is 10.8. The number of hydrogen-bond donors (Lipinski definition) is 1. The summed E-state index contributed by atoms with van der Waals surface area (Å²) in [5, 5.41) is 9.51. The summed E-state index contributed by atoms with van der Waals surface area (Å²) in [5.41, 5.74) is 0.898. The van der Waals surface area contributed by atoms with Crippen molar-refractivity contribution in [1.29, 1.82) is 0 Å². The van der Waals surface area contributed by atoms with E-state index in [9.17, 15) is 4.79 Å². The van der Waals surface area contributed by atoms with Gasteiger partial charge in [0.25, 0.3) is 0 Å². The number of aryl methyl sites for hydroxylation is 1. The largest absolute Gasteiger partial charge is 0.475 e. The van der Waals surface area contributed by atoms with Crippen molar-refractivity contribution in [2.75, 3.05) is 31.2 Å². The summed E-state index contributed by atoms with van der Waals surface area (Å²) in [6.07, 6.45) is 0. The van der Waals surface area contributed by atoms with Gasteiger partial charge in [0.05, 0.1) is 19.0 Å². The molecule has 7 nitrogen and oxygen atoms in total. The standard InChI is InChI=1S/C15H17N3O4S/c1-10-8-13(18-4-6-21-7-5-18)17-15(16-10)23-9-11-2-3-12(22-11)14(19)20/h2-3,8H,4-7,9H2,1H3,(H,19,20). The molecule has 2 aromatic rings. The molecule has 0 atom stereocenters. The molecule has 0 amide bonds. The minimum absolute atomic E-state index is 0.0558. The van der Waals surface area contributed by atoms with Gasteiger partial charge in [-0.05, 0) is 19.1 Å². The third-order valence-corrected chi connectivity index (χ3v) is 4.24. The first kappa shape index (κ1) is 15.8. The van der Waals surface area contributed by atoms with Crippen LogP contribution in [0.15, 0.2) is 27.8 Å². The molecule has 1 N–H and O–H groups in total. The van der Waals surface area contributed by atoms with Crippen LogP contribution in [0, 0.1) is 6.92 Å². The van der Waals surface area contributed by atoms with E-state index in [0.29, 0.717) is 29.9 Å². The Balaban J connectivity index is 1.69. The molecule has 8 heteroatoms. The fourth-order valence-electron chi connectivity index (χ4n) is 2.25. The summed E-state index contributed by atoms with van der Waals surface area (Å²) < 4.78 is 10.6. The quantitative estimate of drug-likeness (QED) is 0.657. The van der Waals surface area contributed by atoms with Crippen molar-refractivity contribution in [3.05, 3.63) is 35.4 Å². The monoisotopic (exact) mass is 335 g/mol.